The first kappa shape index (κ1) is 20.1. The topological polar surface area (TPSA) is 132 Å². The van der Waals surface area contributed by atoms with Crippen LogP contribution in [0.4, 0.5) is 11.6 Å². The third-order valence-corrected chi connectivity index (χ3v) is 4.74. The number of hydrogen-bond donors (Lipinski definition) is 3. The molecule has 0 bridgehead atoms. The number of rotatable bonds is 8. The van der Waals surface area contributed by atoms with E-state index in [0.29, 0.717) is 10.8 Å². The van der Waals surface area contributed by atoms with Crippen LogP contribution in [0.15, 0.2) is 59.0 Å². The number of carbonyl (C=O) groups excluding carboxylic acids is 1. The molecule has 3 rings (SSSR count). The van der Waals surface area contributed by atoms with E-state index in [0.717, 1.165) is 28.8 Å². The lowest BCUT2D eigenvalue weighted by Gasteiger charge is -2.06. The van der Waals surface area contributed by atoms with E-state index in [9.17, 15) is 4.79 Å². The second kappa shape index (κ2) is 9.55. The quantitative estimate of drug-likeness (QED) is 0.221. The van der Waals surface area contributed by atoms with Crippen molar-refractivity contribution in [1.82, 2.24) is 19.9 Å². The minimum absolute atomic E-state index is 0.126. The van der Waals surface area contributed by atoms with E-state index in [1.165, 1.54) is 4.68 Å². The molecule has 0 aliphatic heterocycles. The number of aromatic nitrogens is 4. The summed E-state index contributed by atoms with van der Waals surface area (Å²) in [6, 6.07) is 10.8. The molecule has 4 N–H and O–H groups in total. The van der Waals surface area contributed by atoms with Gasteiger partial charge in [-0.05, 0) is 43.3 Å². The van der Waals surface area contributed by atoms with Crippen molar-refractivity contribution in [3.8, 4) is 5.75 Å². The van der Waals surface area contributed by atoms with Crippen molar-refractivity contribution in [1.29, 1.82) is 0 Å². The first-order valence-corrected chi connectivity index (χ1v) is 9.53. The van der Waals surface area contributed by atoms with Gasteiger partial charge in [-0.15, -0.1) is 10.2 Å². The molecule has 0 saturated carbocycles. The van der Waals surface area contributed by atoms with Crippen molar-refractivity contribution in [2.75, 3.05) is 29.4 Å². The second-order valence-corrected chi connectivity index (χ2v) is 6.73. The summed E-state index contributed by atoms with van der Waals surface area (Å²) >= 11 is 1.16. The molecule has 29 heavy (non-hydrogen) atoms. The Morgan fingerprint density at radius 1 is 1.21 bits per heavy atom. The molecule has 0 saturated heterocycles. The molecule has 0 unspecified atom stereocenters. The van der Waals surface area contributed by atoms with E-state index in [4.69, 9.17) is 10.6 Å². The van der Waals surface area contributed by atoms with Crippen molar-refractivity contribution in [2.45, 2.75) is 12.1 Å². The zero-order valence-corrected chi connectivity index (χ0v) is 16.7. The summed E-state index contributed by atoms with van der Waals surface area (Å²) in [4.78, 5) is 16.1. The van der Waals surface area contributed by atoms with E-state index in [-0.39, 0.29) is 17.6 Å². The fraction of sp³-hybridized carbons (Fsp3) is 0.167. The molecule has 0 aliphatic carbocycles. The lowest BCUT2D eigenvalue weighted by molar-refractivity contribution is -0.113. The number of nitrogens with two attached hydrogens (primary N) is 1. The molecule has 0 aliphatic rings. The summed E-state index contributed by atoms with van der Waals surface area (Å²) in [7, 11) is 1.59. The summed E-state index contributed by atoms with van der Waals surface area (Å²) in [5.41, 5.74) is 5.11. The highest BCUT2D eigenvalue weighted by Gasteiger charge is 2.12. The molecule has 0 fully saturated rings. The molecular weight excluding hydrogens is 392 g/mol. The maximum absolute atomic E-state index is 12.1. The highest BCUT2D eigenvalue weighted by molar-refractivity contribution is 7.99. The predicted molar refractivity (Wildman–Crippen MR) is 113 cm³/mol. The predicted octanol–water partition coefficient (Wildman–Crippen LogP) is 1.96. The third-order valence-electron chi connectivity index (χ3n) is 3.79. The number of nitrogens with zero attached hydrogens (tertiary/aromatic N) is 5. The van der Waals surface area contributed by atoms with Gasteiger partial charge in [0.15, 0.2) is 0 Å². The number of benzene rings is 1. The van der Waals surface area contributed by atoms with E-state index < -0.39 is 0 Å². The Morgan fingerprint density at radius 3 is 2.62 bits per heavy atom. The SMILES string of the molecule is COc1ccc(NC(=O)CSc2nnc(N/N=C(\C)c3ccncc3)n2N)cc1. The van der Waals surface area contributed by atoms with Crippen LogP contribution in [-0.2, 0) is 4.79 Å². The van der Waals surface area contributed by atoms with Crippen LogP contribution >= 0.6 is 11.8 Å². The van der Waals surface area contributed by atoms with Crippen LogP contribution < -0.4 is 21.3 Å². The summed E-state index contributed by atoms with van der Waals surface area (Å²) in [5, 5.41) is 15.4. The number of pyridine rings is 1. The highest BCUT2D eigenvalue weighted by atomic mass is 32.2. The minimum Gasteiger partial charge on any atom is -0.497 e. The zero-order chi connectivity index (χ0) is 20.6. The Hall–Kier alpha value is -3.60. The molecule has 11 heteroatoms. The van der Waals surface area contributed by atoms with Gasteiger partial charge >= 0.3 is 0 Å². The van der Waals surface area contributed by atoms with Gasteiger partial charge in [0.1, 0.15) is 5.75 Å². The number of amides is 1. The molecule has 150 valence electrons. The van der Waals surface area contributed by atoms with Crippen molar-refractivity contribution in [3.63, 3.8) is 0 Å². The van der Waals surface area contributed by atoms with Gasteiger partial charge in [0.25, 0.3) is 5.95 Å². The summed E-state index contributed by atoms with van der Waals surface area (Å²) in [6.07, 6.45) is 3.37. The first-order valence-electron chi connectivity index (χ1n) is 8.54. The number of nitrogens with one attached hydrogen (secondary N) is 2. The third kappa shape index (κ3) is 5.45. The lowest BCUT2D eigenvalue weighted by atomic mass is 10.2. The Bertz CT molecular complexity index is 989. The highest BCUT2D eigenvalue weighted by Crippen LogP contribution is 2.18. The van der Waals surface area contributed by atoms with E-state index in [1.807, 2.05) is 19.1 Å². The number of ether oxygens (including phenoxy) is 1. The van der Waals surface area contributed by atoms with Crippen LogP contribution in [-0.4, -0.2) is 44.3 Å². The van der Waals surface area contributed by atoms with Crippen molar-refractivity contribution < 1.29 is 9.53 Å². The van der Waals surface area contributed by atoms with Crippen LogP contribution in [0.5, 0.6) is 5.75 Å². The van der Waals surface area contributed by atoms with Crippen LogP contribution in [0.3, 0.4) is 0 Å². The van der Waals surface area contributed by atoms with Gasteiger partial charge in [-0.3, -0.25) is 9.78 Å². The number of hydrogen-bond acceptors (Lipinski definition) is 9. The fourth-order valence-corrected chi connectivity index (χ4v) is 2.90. The van der Waals surface area contributed by atoms with Gasteiger partial charge in [-0.2, -0.15) is 5.10 Å². The van der Waals surface area contributed by atoms with Gasteiger partial charge in [0, 0.05) is 23.6 Å². The van der Waals surface area contributed by atoms with Gasteiger partial charge in [-0.25, -0.2) is 10.1 Å². The smallest absolute Gasteiger partial charge is 0.264 e. The Balaban J connectivity index is 1.54. The average molecular weight is 412 g/mol. The number of carbonyl (C=O) groups is 1. The van der Waals surface area contributed by atoms with Gasteiger partial charge < -0.3 is 15.9 Å². The Morgan fingerprint density at radius 2 is 1.93 bits per heavy atom. The maximum Gasteiger partial charge on any atom is 0.264 e. The van der Waals surface area contributed by atoms with E-state index in [1.54, 1.807) is 43.8 Å². The number of methoxy groups -OCH3 is 1. The van der Waals surface area contributed by atoms with E-state index >= 15 is 0 Å². The molecular formula is C18H20N8O2S. The number of hydrazone groups is 1. The molecule has 2 heterocycles. The zero-order valence-electron chi connectivity index (χ0n) is 15.9. The van der Waals surface area contributed by atoms with E-state index in [2.05, 4.69) is 31.0 Å². The van der Waals surface area contributed by atoms with Crippen molar-refractivity contribution >= 4 is 35.0 Å². The maximum atomic E-state index is 12.1. The first-order chi connectivity index (χ1) is 14.1. The monoisotopic (exact) mass is 412 g/mol. The standard InChI is InChI=1S/C18H20N8O2S/c1-12(13-7-9-20-10-8-13)22-23-17-24-25-18(26(17)19)29-11-16(27)21-14-3-5-15(28-2)6-4-14/h3-10H,11,19H2,1-2H3,(H,21,27)(H,23,24)/b22-12+. The molecule has 0 radical (unpaired) electrons. The molecule has 10 nitrogen and oxygen atoms in total. The fourth-order valence-electron chi connectivity index (χ4n) is 2.24. The normalized spacial score (nSPS) is 11.2. The second-order valence-electron chi connectivity index (χ2n) is 5.79. The van der Waals surface area contributed by atoms with Gasteiger partial charge in [-0.1, -0.05) is 11.8 Å². The lowest BCUT2D eigenvalue weighted by Crippen LogP contribution is -2.17. The molecule has 0 atom stereocenters. The average Bonchev–Trinajstić information content (AvgIpc) is 3.11. The Labute approximate surface area is 171 Å². The number of anilines is 2. The van der Waals surface area contributed by atoms with Crippen molar-refractivity contribution in [2.24, 2.45) is 5.10 Å². The number of nitrogen functional groups attached to an aromatic ring is 1. The van der Waals surface area contributed by atoms with Crippen LogP contribution in [0, 0.1) is 0 Å². The molecule has 3 aromatic rings. The summed E-state index contributed by atoms with van der Waals surface area (Å²) in [5.74, 6) is 6.90. The van der Waals surface area contributed by atoms with Crippen LogP contribution in [0.2, 0.25) is 0 Å². The van der Waals surface area contributed by atoms with Crippen LogP contribution in [0.25, 0.3) is 0 Å². The van der Waals surface area contributed by atoms with Crippen LogP contribution in [0.1, 0.15) is 12.5 Å². The molecule has 0 spiro atoms. The summed E-state index contributed by atoms with van der Waals surface area (Å²) in [6.45, 7) is 1.85. The van der Waals surface area contributed by atoms with Gasteiger partial charge in [0.2, 0.25) is 11.1 Å². The molecule has 2 aromatic heterocycles. The molecule has 1 amide bonds. The largest absolute Gasteiger partial charge is 0.497 e. The van der Waals surface area contributed by atoms with Gasteiger partial charge in [0.05, 0.1) is 18.6 Å². The van der Waals surface area contributed by atoms with Crippen molar-refractivity contribution in [3.05, 3.63) is 54.4 Å². The number of thioether (sulfide) groups is 1. The minimum atomic E-state index is -0.191. The Kier molecular flexibility index (Phi) is 6.63. The summed E-state index contributed by atoms with van der Waals surface area (Å²) < 4.78 is 6.33. The molecule has 1 aromatic carbocycles.